The lowest BCUT2D eigenvalue weighted by molar-refractivity contribution is -0.128. The molecule has 176 valence electrons. The highest BCUT2D eigenvalue weighted by Gasteiger charge is 2.36. The number of nitrogens with zero attached hydrogens (tertiary/aromatic N) is 3. The monoisotopic (exact) mass is 530 g/mol. The van der Waals surface area contributed by atoms with E-state index in [0.29, 0.717) is 6.54 Å². The minimum Gasteiger partial charge on any atom is -0.472 e. The lowest BCUT2D eigenvalue weighted by atomic mass is 10.0. The van der Waals surface area contributed by atoms with E-state index in [0.717, 1.165) is 51.2 Å². The summed E-state index contributed by atoms with van der Waals surface area (Å²) in [5, 5.41) is 8.13. The van der Waals surface area contributed by atoms with Crippen LogP contribution in [0.15, 0.2) is 88.4 Å². The molecule has 7 nitrogen and oxygen atoms in total. The third-order valence-electron chi connectivity index (χ3n) is 6.39. The van der Waals surface area contributed by atoms with Crippen molar-refractivity contribution in [3.05, 3.63) is 101 Å². The number of carbonyl (C=O) groups is 1. The molecule has 0 bridgehead atoms. The highest BCUT2D eigenvalue weighted by molar-refractivity contribution is 9.10. The maximum atomic E-state index is 12.8. The first-order valence-corrected chi connectivity index (χ1v) is 12.2. The van der Waals surface area contributed by atoms with Crippen LogP contribution in [-0.2, 0) is 22.4 Å². The molecule has 0 radical (unpaired) electrons. The number of ether oxygens (including phenoxy) is 1. The topological polar surface area (TPSA) is 72.5 Å². The van der Waals surface area contributed by atoms with Crippen LogP contribution in [0.2, 0.25) is 0 Å². The van der Waals surface area contributed by atoms with E-state index in [1.807, 2.05) is 41.2 Å². The van der Waals surface area contributed by atoms with E-state index in [9.17, 15) is 4.79 Å². The van der Waals surface area contributed by atoms with E-state index in [2.05, 4.69) is 46.0 Å². The Bertz CT molecular complexity index is 1410. The molecular formula is C27H23BrN4O3. The number of nitrogens with one attached hydrogen (secondary N) is 1. The van der Waals surface area contributed by atoms with Crippen LogP contribution in [0.4, 0.5) is 5.69 Å². The lowest BCUT2D eigenvalue weighted by Gasteiger charge is -2.23. The van der Waals surface area contributed by atoms with Crippen LogP contribution in [0.5, 0.6) is 0 Å². The first-order chi connectivity index (χ1) is 17.0. The van der Waals surface area contributed by atoms with Crippen LogP contribution in [0.1, 0.15) is 22.9 Å². The van der Waals surface area contributed by atoms with E-state index in [1.54, 1.807) is 17.4 Å². The van der Waals surface area contributed by atoms with Gasteiger partial charge in [-0.05, 0) is 53.9 Å². The Hall–Kier alpha value is -3.62. The van der Waals surface area contributed by atoms with E-state index < -0.39 is 6.23 Å². The van der Waals surface area contributed by atoms with Gasteiger partial charge in [-0.2, -0.15) is 5.10 Å². The molecule has 35 heavy (non-hydrogen) atoms. The van der Waals surface area contributed by atoms with Crippen LogP contribution >= 0.6 is 15.9 Å². The molecule has 1 fully saturated rings. The summed E-state index contributed by atoms with van der Waals surface area (Å²) < 4.78 is 14.1. The number of benzene rings is 2. The number of hydrogen-bond acceptors (Lipinski definition) is 5. The van der Waals surface area contributed by atoms with Gasteiger partial charge in [0, 0.05) is 46.1 Å². The number of hydrogen-bond donors (Lipinski definition) is 1. The highest BCUT2D eigenvalue weighted by atomic mass is 79.9. The fourth-order valence-corrected chi connectivity index (χ4v) is 4.92. The molecule has 1 N–H and O–H groups in total. The fourth-order valence-electron chi connectivity index (χ4n) is 4.66. The van der Waals surface area contributed by atoms with E-state index in [1.165, 1.54) is 11.1 Å². The zero-order valence-electron chi connectivity index (χ0n) is 18.9. The molecule has 0 saturated carbocycles. The van der Waals surface area contributed by atoms with Gasteiger partial charge in [0.1, 0.15) is 12.3 Å². The van der Waals surface area contributed by atoms with Crippen LogP contribution < -0.4 is 5.32 Å². The second-order valence-corrected chi connectivity index (χ2v) is 9.68. The van der Waals surface area contributed by atoms with Crippen molar-refractivity contribution in [2.24, 2.45) is 0 Å². The van der Waals surface area contributed by atoms with Crippen molar-refractivity contribution in [3.63, 3.8) is 0 Å². The number of halogens is 1. The minimum atomic E-state index is -0.521. The number of allylic oxidation sites excluding steroid dienone is 1. The molecule has 2 aromatic heterocycles. The number of anilines is 1. The summed E-state index contributed by atoms with van der Waals surface area (Å²) in [6.45, 7) is 4.62. The minimum absolute atomic E-state index is 0.0271. The summed E-state index contributed by atoms with van der Waals surface area (Å²) in [7, 11) is 0. The standard InChI is InChI=1S/C27H23BrN4O3/c1-17-12-20-13-18(2-7-24(20)29-17)8-10-31-25(33)16-35-27(31)23-14-32(22-5-3-21(28)4-6-22)30-26(23)19-9-11-34-15-19/h2-7,9,11,13-15,27,29H,1,8,10,12,16H2. The first-order valence-electron chi connectivity index (χ1n) is 11.4. The Kier molecular flexibility index (Phi) is 5.54. The molecule has 2 aliphatic heterocycles. The van der Waals surface area contributed by atoms with Crippen molar-refractivity contribution < 1.29 is 13.9 Å². The number of aromatic nitrogens is 2. The summed E-state index contributed by atoms with van der Waals surface area (Å²) in [5.74, 6) is -0.0271. The molecule has 0 spiro atoms. The van der Waals surface area contributed by atoms with Crippen molar-refractivity contribution in [3.8, 4) is 16.9 Å². The lowest BCUT2D eigenvalue weighted by Crippen LogP contribution is -2.30. The largest absolute Gasteiger partial charge is 0.472 e. The molecule has 0 aliphatic carbocycles. The summed E-state index contributed by atoms with van der Waals surface area (Å²) in [6, 6.07) is 16.1. The zero-order chi connectivity index (χ0) is 23.9. The summed E-state index contributed by atoms with van der Waals surface area (Å²) in [5.41, 5.74) is 7.85. The third kappa shape index (κ3) is 4.19. The van der Waals surface area contributed by atoms with E-state index >= 15 is 0 Å². The number of amides is 1. The molecule has 8 heteroatoms. The maximum Gasteiger partial charge on any atom is 0.250 e. The predicted molar refractivity (Wildman–Crippen MR) is 136 cm³/mol. The van der Waals surface area contributed by atoms with Crippen molar-refractivity contribution in [1.29, 1.82) is 0 Å². The summed E-state index contributed by atoms with van der Waals surface area (Å²) in [6.07, 6.45) is 6.26. The van der Waals surface area contributed by atoms with Crippen molar-refractivity contribution in [2.75, 3.05) is 18.5 Å². The van der Waals surface area contributed by atoms with Gasteiger partial charge in [0.25, 0.3) is 5.91 Å². The normalized spacial score (nSPS) is 17.2. The van der Waals surface area contributed by atoms with E-state index in [4.69, 9.17) is 14.3 Å². The van der Waals surface area contributed by atoms with Gasteiger partial charge in [-0.1, -0.05) is 34.6 Å². The quantitative estimate of drug-likeness (QED) is 0.357. The molecule has 1 saturated heterocycles. The average molecular weight is 531 g/mol. The van der Waals surface area contributed by atoms with Crippen molar-refractivity contribution in [2.45, 2.75) is 19.1 Å². The van der Waals surface area contributed by atoms with E-state index in [-0.39, 0.29) is 12.5 Å². The van der Waals surface area contributed by atoms with Crippen LogP contribution in [0.25, 0.3) is 16.9 Å². The Balaban J connectivity index is 1.30. The average Bonchev–Trinajstić information content (AvgIpc) is 3.63. The second kappa shape index (κ2) is 8.87. The highest BCUT2D eigenvalue weighted by Crippen LogP contribution is 2.36. The fraction of sp³-hybridized carbons (Fsp3) is 0.185. The SMILES string of the molecule is C=C1Cc2cc(CCN3C(=O)COC3c3cn(-c4ccc(Br)cc4)nc3-c3ccoc3)ccc2N1. The van der Waals surface area contributed by atoms with Gasteiger partial charge in [-0.25, -0.2) is 4.68 Å². The van der Waals surface area contributed by atoms with Gasteiger partial charge in [-0.3, -0.25) is 4.79 Å². The molecule has 1 unspecified atom stereocenters. The molecule has 2 aliphatic rings. The molecule has 4 aromatic rings. The van der Waals surface area contributed by atoms with Crippen LogP contribution in [0.3, 0.4) is 0 Å². The predicted octanol–water partition coefficient (Wildman–Crippen LogP) is 5.48. The Morgan fingerprint density at radius 3 is 2.83 bits per heavy atom. The van der Waals surface area contributed by atoms with Crippen LogP contribution in [0, 0.1) is 0 Å². The summed E-state index contributed by atoms with van der Waals surface area (Å²) >= 11 is 3.48. The molecule has 6 rings (SSSR count). The van der Waals surface area contributed by atoms with Gasteiger partial charge in [0.05, 0.1) is 18.2 Å². The maximum absolute atomic E-state index is 12.8. The number of rotatable bonds is 6. The first kappa shape index (κ1) is 21.9. The van der Waals surface area contributed by atoms with Gasteiger partial charge < -0.3 is 19.4 Å². The van der Waals surface area contributed by atoms with Gasteiger partial charge in [-0.15, -0.1) is 0 Å². The third-order valence-corrected chi connectivity index (χ3v) is 6.92. The number of fused-ring (bicyclic) bond motifs is 1. The number of carbonyl (C=O) groups excluding carboxylic acids is 1. The number of furan rings is 1. The van der Waals surface area contributed by atoms with Gasteiger partial charge in [0.15, 0.2) is 6.23 Å². The van der Waals surface area contributed by atoms with Crippen molar-refractivity contribution >= 4 is 27.5 Å². The Morgan fingerprint density at radius 1 is 1.17 bits per heavy atom. The molecular weight excluding hydrogens is 508 g/mol. The summed E-state index contributed by atoms with van der Waals surface area (Å²) in [4.78, 5) is 14.7. The molecule has 1 amide bonds. The van der Waals surface area contributed by atoms with Crippen LogP contribution in [-0.4, -0.2) is 33.7 Å². The smallest absolute Gasteiger partial charge is 0.250 e. The van der Waals surface area contributed by atoms with Gasteiger partial charge in [0.2, 0.25) is 0 Å². The van der Waals surface area contributed by atoms with Gasteiger partial charge >= 0.3 is 0 Å². The Morgan fingerprint density at radius 2 is 2.03 bits per heavy atom. The second-order valence-electron chi connectivity index (χ2n) is 8.76. The zero-order valence-corrected chi connectivity index (χ0v) is 20.5. The Labute approximate surface area is 211 Å². The molecule has 4 heterocycles. The molecule has 1 atom stereocenters. The molecule has 2 aromatic carbocycles. The van der Waals surface area contributed by atoms with Crippen molar-refractivity contribution in [1.82, 2.24) is 14.7 Å².